The van der Waals surface area contributed by atoms with Crippen LogP contribution in [0.4, 0.5) is 0 Å². The molecule has 3 unspecified atom stereocenters. The van der Waals surface area contributed by atoms with Gasteiger partial charge in [-0.2, -0.15) is 5.10 Å². The van der Waals surface area contributed by atoms with Crippen LogP contribution in [-0.4, -0.2) is 22.4 Å². The van der Waals surface area contributed by atoms with Crippen molar-refractivity contribution in [2.45, 2.75) is 66.0 Å². The van der Waals surface area contributed by atoms with Crippen LogP contribution >= 0.6 is 0 Å². The minimum absolute atomic E-state index is 0.726. The smallest absolute Gasteiger partial charge is 0.0596 e. The number of hydrogen-bond acceptors (Lipinski definition) is 2. The first-order valence-electron chi connectivity index (χ1n) is 7.82. The minimum atomic E-state index is 0.726. The molecule has 3 heteroatoms. The van der Waals surface area contributed by atoms with Gasteiger partial charge in [-0.05, 0) is 51.1 Å². The van der Waals surface area contributed by atoms with E-state index in [2.05, 4.69) is 48.9 Å². The molecule has 0 aromatic carbocycles. The van der Waals surface area contributed by atoms with Gasteiger partial charge in [0, 0.05) is 18.3 Å². The van der Waals surface area contributed by atoms with E-state index in [4.69, 9.17) is 0 Å². The van der Waals surface area contributed by atoms with E-state index >= 15 is 0 Å². The van der Waals surface area contributed by atoms with Gasteiger partial charge >= 0.3 is 0 Å². The number of aryl methyl sites for hydroxylation is 3. The second-order valence-electron chi connectivity index (χ2n) is 6.33. The van der Waals surface area contributed by atoms with E-state index < -0.39 is 0 Å². The fourth-order valence-electron chi connectivity index (χ4n) is 3.29. The van der Waals surface area contributed by atoms with Gasteiger partial charge in [-0.3, -0.25) is 4.68 Å². The molecule has 0 radical (unpaired) electrons. The van der Waals surface area contributed by atoms with Gasteiger partial charge < -0.3 is 5.32 Å². The van der Waals surface area contributed by atoms with Crippen molar-refractivity contribution in [3.8, 4) is 0 Å². The van der Waals surface area contributed by atoms with Crippen LogP contribution in [0, 0.1) is 25.7 Å². The van der Waals surface area contributed by atoms with Crippen molar-refractivity contribution in [3.05, 3.63) is 17.5 Å². The average molecular weight is 263 g/mol. The Hall–Kier alpha value is -0.830. The summed E-state index contributed by atoms with van der Waals surface area (Å²) in [7, 11) is 0. The molecule has 1 aromatic rings. The van der Waals surface area contributed by atoms with Crippen LogP contribution in [-0.2, 0) is 6.54 Å². The Morgan fingerprint density at radius 2 is 2.11 bits per heavy atom. The first kappa shape index (κ1) is 14.6. The molecule has 19 heavy (non-hydrogen) atoms. The van der Waals surface area contributed by atoms with E-state index in [1.165, 1.54) is 31.4 Å². The zero-order valence-corrected chi connectivity index (χ0v) is 12.9. The number of aromatic nitrogens is 2. The Kier molecular flexibility index (Phi) is 5.03. The third kappa shape index (κ3) is 3.82. The quantitative estimate of drug-likeness (QED) is 0.826. The molecular weight excluding hydrogens is 234 g/mol. The largest absolute Gasteiger partial charge is 0.314 e. The molecule has 1 aliphatic rings. The third-order valence-electron chi connectivity index (χ3n) is 4.76. The minimum Gasteiger partial charge on any atom is -0.314 e. The molecule has 1 saturated carbocycles. The first-order chi connectivity index (χ1) is 9.08. The second-order valence-corrected chi connectivity index (χ2v) is 6.33. The highest BCUT2D eigenvalue weighted by molar-refractivity contribution is 5.06. The fourth-order valence-corrected chi connectivity index (χ4v) is 3.29. The summed E-state index contributed by atoms with van der Waals surface area (Å²) in [5.41, 5.74) is 2.40. The molecule has 1 aliphatic carbocycles. The maximum absolute atomic E-state index is 4.51. The molecule has 1 heterocycles. The van der Waals surface area contributed by atoms with Crippen molar-refractivity contribution >= 4 is 0 Å². The molecule has 1 N–H and O–H groups in total. The van der Waals surface area contributed by atoms with Crippen LogP contribution in [0.15, 0.2) is 6.07 Å². The summed E-state index contributed by atoms with van der Waals surface area (Å²) in [6.45, 7) is 11.1. The van der Waals surface area contributed by atoms with Crippen molar-refractivity contribution in [1.29, 1.82) is 0 Å². The zero-order valence-electron chi connectivity index (χ0n) is 12.9. The lowest BCUT2D eigenvalue weighted by atomic mass is 9.78. The topological polar surface area (TPSA) is 29.9 Å². The predicted octanol–water partition coefficient (Wildman–Crippen LogP) is 3.30. The van der Waals surface area contributed by atoms with Crippen LogP contribution in [0.2, 0.25) is 0 Å². The maximum Gasteiger partial charge on any atom is 0.0596 e. The van der Waals surface area contributed by atoms with E-state index in [1.54, 1.807) is 0 Å². The lowest BCUT2D eigenvalue weighted by molar-refractivity contribution is 0.206. The van der Waals surface area contributed by atoms with Gasteiger partial charge in [0.2, 0.25) is 0 Å². The molecule has 3 atom stereocenters. The predicted molar refractivity (Wildman–Crippen MR) is 80.3 cm³/mol. The summed E-state index contributed by atoms with van der Waals surface area (Å²) in [5.74, 6) is 1.70. The Morgan fingerprint density at radius 1 is 1.32 bits per heavy atom. The van der Waals surface area contributed by atoms with Crippen molar-refractivity contribution in [2.75, 3.05) is 6.54 Å². The van der Waals surface area contributed by atoms with E-state index in [1.807, 2.05) is 0 Å². The van der Waals surface area contributed by atoms with Gasteiger partial charge in [-0.25, -0.2) is 0 Å². The highest BCUT2D eigenvalue weighted by Crippen LogP contribution is 2.29. The Morgan fingerprint density at radius 3 is 2.79 bits per heavy atom. The number of hydrogen-bond donors (Lipinski definition) is 1. The molecule has 2 rings (SSSR count). The molecule has 0 amide bonds. The van der Waals surface area contributed by atoms with Gasteiger partial charge in [0.15, 0.2) is 0 Å². The third-order valence-corrected chi connectivity index (χ3v) is 4.76. The Labute approximate surface area is 117 Å². The van der Waals surface area contributed by atoms with E-state index in [0.29, 0.717) is 0 Å². The summed E-state index contributed by atoms with van der Waals surface area (Å²) in [5, 5.41) is 8.27. The van der Waals surface area contributed by atoms with Gasteiger partial charge in [0.05, 0.1) is 5.69 Å². The summed E-state index contributed by atoms with van der Waals surface area (Å²) >= 11 is 0. The van der Waals surface area contributed by atoms with Crippen molar-refractivity contribution in [1.82, 2.24) is 15.1 Å². The van der Waals surface area contributed by atoms with Gasteiger partial charge in [-0.15, -0.1) is 0 Å². The second kappa shape index (κ2) is 6.56. The van der Waals surface area contributed by atoms with Crippen LogP contribution in [0.25, 0.3) is 0 Å². The van der Waals surface area contributed by atoms with Crippen molar-refractivity contribution < 1.29 is 0 Å². The SMILES string of the molecule is Cc1cc(C)n(CCCNC2CCCC(C)C2C)n1. The van der Waals surface area contributed by atoms with Crippen LogP contribution in [0.1, 0.15) is 50.9 Å². The van der Waals surface area contributed by atoms with Gasteiger partial charge in [0.25, 0.3) is 0 Å². The molecular formula is C16H29N3. The molecule has 1 fully saturated rings. The summed E-state index contributed by atoms with van der Waals surface area (Å²) in [6, 6.07) is 2.88. The highest BCUT2D eigenvalue weighted by Gasteiger charge is 2.26. The Balaban J connectivity index is 1.70. The first-order valence-corrected chi connectivity index (χ1v) is 7.82. The fraction of sp³-hybridized carbons (Fsp3) is 0.812. The number of nitrogens with one attached hydrogen (secondary N) is 1. The number of nitrogens with zero attached hydrogens (tertiary/aromatic N) is 2. The molecule has 0 spiro atoms. The van der Waals surface area contributed by atoms with E-state index in [9.17, 15) is 0 Å². The van der Waals surface area contributed by atoms with Crippen LogP contribution in [0.5, 0.6) is 0 Å². The van der Waals surface area contributed by atoms with E-state index in [0.717, 1.165) is 36.7 Å². The molecule has 0 saturated heterocycles. The highest BCUT2D eigenvalue weighted by atomic mass is 15.3. The molecule has 108 valence electrons. The lowest BCUT2D eigenvalue weighted by Crippen LogP contribution is -2.41. The molecule has 0 bridgehead atoms. The summed E-state index contributed by atoms with van der Waals surface area (Å²) < 4.78 is 2.13. The normalized spacial score (nSPS) is 27.7. The van der Waals surface area contributed by atoms with Crippen LogP contribution < -0.4 is 5.32 Å². The van der Waals surface area contributed by atoms with Crippen molar-refractivity contribution in [3.63, 3.8) is 0 Å². The lowest BCUT2D eigenvalue weighted by Gasteiger charge is -2.34. The van der Waals surface area contributed by atoms with E-state index in [-0.39, 0.29) is 0 Å². The molecule has 1 aromatic heterocycles. The standard InChI is InChI=1S/C16H29N3/c1-12-7-5-8-16(15(12)4)17-9-6-10-19-14(3)11-13(2)18-19/h11-12,15-17H,5-10H2,1-4H3. The molecule has 0 aliphatic heterocycles. The average Bonchev–Trinajstić information content (AvgIpc) is 2.68. The summed E-state index contributed by atoms with van der Waals surface area (Å²) in [4.78, 5) is 0. The Bertz CT molecular complexity index is 397. The summed E-state index contributed by atoms with van der Waals surface area (Å²) in [6.07, 6.45) is 5.32. The van der Waals surface area contributed by atoms with Gasteiger partial charge in [0.1, 0.15) is 0 Å². The monoisotopic (exact) mass is 263 g/mol. The van der Waals surface area contributed by atoms with Crippen molar-refractivity contribution in [2.24, 2.45) is 11.8 Å². The van der Waals surface area contributed by atoms with Gasteiger partial charge in [-0.1, -0.05) is 26.7 Å². The maximum atomic E-state index is 4.51. The zero-order chi connectivity index (χ0) is 13.8. The number of rotatable bonds is 5. The van der Waals surface area contributed by atoms with Crippen LogP contribution in [0.3, 0.4) is 0 Å². The molecule has 3 nitrogen and oxygen atoms in total.